The quantitative estimate of drug-likeness (QED) is 0.454. The first-order chi connectivity index (χ1) is 8.86. The normalized spacial score (nSPS) is 10.2. The van der Waals surface area contributed by atoms with E-state index in [0.29, 0.717) is 0 Å². The van der Waals surface area contributed by atoms with Crippen LogP contribution in [-0.2, 0) is 13.0 Å². The van der Waals surface area contributed by atoms with Gasteiger partial charge >= 0.3 is 0 Å². The molecule has 0 saturated carbocycles. The van der Waals surface area contributed by atoms with Crippen molar-refractivity contribution < 1.29 is 17.0 Å². The van der Waals surface area contributed by atoms with Crippen LogP contribution in [0.25, 0.3) is 0 Å². The van der Waals surface area contributed by atoms with Crippen molar-refractivity contribution in [2.24, 2.45) is 0 Å². The minimum absolute atomic E-state index is 0. The first kappa shape index (κ1) is 18.4. The lowest BCUT2D eigenvalue weighted by Gasteiger charge is -2.01. The minimum atomic E-state index is 0. The second-order valence-electron chi connectivity index (χ2n) is 5.32. The summed E-state index contributed by atoms with van der Waals surface area (Å²) in [5.74, 6) is 0. The van der Waals surface area contributed by atoms with E-state index in [9.17, 15) is 0 Å². The lowest BCUT2D eigenvalue weighted by Crippen LogP contribution is -3.00. The largest absolute Gasteiger partial charge is 1.00 e. The number of nitrogens with zero attached hydrogens (tertiary/aromatic N) is 1. The van der Waals surface area contributed by atoms with Gasteiger partial charge in [0.1, 0.15) is 6.54 Å². The zero-order chi connectivity index (χ0) is 13.1. The molecule has 1 aromatic heterocycles. The molecule has 0 aliphatic carbocycles. The summed E-state index contributed by atoms with van der Waals surface area (Å²) >= 11 is 0. The maximum atomic E-state index is 2.36. The van der Waals surface area contributed by atoms with E-state index in [-0.39, 0.29) is 12.4 Å². The van der Waals surface area contributed by atoms with E-state index in [2.05, 4.69) is 42.9 Å². The molecule has 0 unspecified atom stereocenters. The summed E-state index contributed by atoms with van der Waals surface area (Å²) in [5.41, 5.74) is 1.47. The topological polar surface area (TPSA) is 3.88 Å². The molecule has 19 heavy (non-hydrogen) atoms. The molecule has 1 aromatic rings. The van der Waals surface area contributed by atoms with Gasteiger partial charge < -0.3 is 12.4 Å². The molecule has 0 saturated heterocycles. The minimum Gasteiger partial charge on any atom is -1.00 e. The van der Waals surface area contributed by atoms with Crippen molar-refractivity contribution >= 4 is 0 Å². The van der Waals surface area contributed by atoms with Gasteiger partial charge in [0, 0.05) is 18.1 Å². The monoisotopic (exact) mass is 283 g/mol. The van der Waals surface area contributed by atoms with E-state index in [1.54, 1.807) is 0 Å². The van der Waals surface area contributed by atoms with Crippen LogP contribution in [0.1, 0.15) is 70.8 Å². The van der Waals surface area contributed by atoms with Crippen molar-refractivity contribution in [3.63, 3.8) is 0 Å². The first-order valence-corrected chi connectivity index (χ1v) is 7.84. The summed E-state index contributed by atoms with van der Waals surface area (Å²) in [7, 11) is 0. The SMILES string of the molecule is CCCCCCCCC[n+]1cccc(CCC)c1.[Cl-]. The molecule has 2 heteroatoms. The highest BCUT2D eigenvalue weighted by atomic mass is 35.5. The van der Waals surface area contributed by atoms with Crippen LogP contribution in [0.5, 0.6) is 0 Å². The van der Waals surface area contributed by atoms with Crippen molar-refractivity contribution in [1.29, 1.82) is 0 Å². The van der Waals surface area contributed by atoms with Crippen LogP contribution < -0.4 is 17.0 Å². The molecule has 0 spiro atoms. The molecule has 0 aliphatic heterocycles. The Morgan fingerprint density at radius 2 is 1.58 bits per heavy atom. The molecule has 0 radical (unpaired) electrons. The van der Waals surface area contributed by atoms with E-state index in [4.69, 9.17) is 0 Å². The molecule has 0 aliphatic rings. The second kappa shape index (κ2) is 12.5. The Balaban J connectivity index is 0.00000324. The molecule has 0 aromatic carbocycles. The van der Waals surface area contributed by atoms with Gasteiger partial charge in [-0.1, -0.05) is 52.4 Å². The van der Waals surface area contributed by atoms with Crippen LogP contribution in [0.15, 0.2) is 24.5 Å². The van der Waals surface area contributed by atoms with E-state index in [0.717, 1.165) is 0 Å². The third-order valence-electron chi connectivity index (χ3n) is 3.48. The molecule has 1 nitrogen and oxygen atoms in total. The second-order valence-corrected chi connectivity index (χ2v) is 5.32. The highest BCUT2D eigenvalue weighted by Crippen LogP contribution is 2.06. The maximum absolute atomic E-state index is 2.36. The van der Waals surface area contributed by atoms with E-state index < -0.39 is 0 Å². The highest BCUT2D eigenvalue weighted by molar-refractivity contribution is 5.04. The number of rotatable bonds is 10. The molecule has 1 heterocycles. The number of pyridine rings is 1. The van der Waals surface area contributed by atoms with Crippen LogP contribution in [0.2, 0.25) is 0 Å². The standard InChI is InChI=1S/C17H30N.ClH/c1-3-5-6-7-8-9-10-14-18-15-11-13-17(16-18)12-4-2;/h11,13,15-16H,3-10,12,14H2,1-2H3;1H/q+1;/p-1. The number of unbranched alkanes of at least 4 members (excludes halogenated alkanes) is 6. The fourth-order valence-electron chi connectivity index (χ4n) is 2.40. The summed E-state index contributed by atoms with van der Waals surface area (Å²) in [6, 6.07) is 4.43. The number of hydrogen-bond donors (Lipinski definition) is 0. The van der Waals surface area contributed by atoms with Crippen molar-refractivity contribution in [3.05, 3.63) is 30.1 Å². The van der Waals surface area contributed by atoms with Crippen LogP contribution in [-0.4, -0.2) is 0 Å². The Hall–Kier alpha value is -0.560. The van der Waals surface area contributed by atoms with Gasteiger partial charge in [0.25, 0.3) is 0 Å². The maximum Gasteiger partial charge on any atom is 0.171 e. The molecule has 0 fully saturated rings. The Morgan fingerprint density at radius 3 is 2.26 bits per heavy atom. The van der Waals surface area contributed by atoms with Gasteiger partial charge in [0.15, 0.2) is 12.4 Å². The first-order valence-electron chi connectivity index (χ1n) is 7.84. The Labute approximate surface area is 125 Å². The van der Waals surface area contributed by atoms with Gasteiger partial charge in [0.05, 0.1) is 0 Å². The Morgan fingerprint density at radius 1 is 0.895 bits per heavy atom. The van der Waals surface area contributed by atoms with E-state index in [1.807, 2.05) is 0 Å². The van der Waals surface area contributed by atoms with Crippen LogP contribution >= 0.6 is 0 Å². The Kier molecular flexibility index (Phi) is 12.1. The van der Waals surface area contributed by atoms with Gasteiger partial charge in [-0.05, 0) is 18.9 Å². The summed E-state index contributed by atoms with van der Waals surface area (Å²) in [6.07, 6.45) is 16.7. The van der Waals surface area contributed by atoms with Crippen LogP contribution in [0.4, 0.5) is 0 Å². The van der Waals surface area contributed by atoms with Gasteiger partial charge in [-0.25, -0.2) is 4.57 Å². The van der Waals surface area contributed by atoms with Crippen LogP contribution in [0.3, 0.4) is 0 Å². The molecule has 110 valence electrons. The van der Waals surface area contributed by atoms with Crippen molar-refractivity contribution in [3.8, 4) is 0 Å². The third kappa shape index (κ3) is 9.04. The molecule has 0 amide bonds. The summed E-state index contributed by atoms with van der Waals surface area (Å²) in [4.78, 5) is 0. The molecule has 0 N–H and O–H groups in total. The zero-order valence-electron chi connectivity index (χ0n) is 12.7. The van der Waals surface area contributed by atoms with E-state index in [1.165, 1.54) is 69.9 Å². The van der Waals surface area contributed by atoms with Gasteiger partial charge in [0.2, 0.25) is 0 Å². The highest BCUT2D eigenvalue weighted by Gasteiger charge is 2.01. The molecular formula is C17H30ClN. The predicted molar refractivity (Wildman–Crippen MR) is 78.6 cm³/mol. The smallest absolute Gasteiger partial charge is 0.171 e. The van der Waals surface area contributed by atoms with Crippen LogP contribution in [0, 0.1) is 0 Å². The average Bonchev–Trinajstić information content (AvgIpc) is 2.39. The molecule has 0 bridgehead atoms. The number of aromatic nitrogens is 1. The third-order valence-corrected chi connectivity index (χ3v) is 3.48. The lowest BCUT2D eigenvalue weighted by atomic mass is 10.1. The lowest BCUT2D eigenvalue weighted by molar-refractivity contribution is -0.697. The molecule has 1 rings (SSSR count). The fraction of sp³-hybridized carbons (Fsp3) is 0.706. The summed E-state index contributed by atoms with van der Waals surface area (Å²) in [5, 5.41) is 0. The summed E-state index contributed by atoms with van der Waals surface area (Å²) in [6.45, 7) is 5.71. The number of hydrogen-bond acceptors (Lipinski definition) is 0. The Bertz CT molecular complexity index is 312. The van der Waals surface area contributed by atoms with Crippen molar-refractivity contribution in [2.45, 2.75) is 78.2 Å². The summed E-state index contributed by atoms with van der Waals surface area (Å²) < 4.78 is 2.36. The van der Waals surface area contributed by atoms with Gasteiger partial charge in [-0.3, -0.25) is 0 Å². The van der Waals surface area contributed by atoms with Gasteiger partial charge in [-0.2, -0.15) is 0 Å². The molecular weight excluding hydrogens is 254 g/mol. The number of aryl methyl sites for hydroxylation is 2. The van der Waals surface area contributed by atoms with Crippen molar-refractivity contribution in [2.75, 3.05) is 0 Å². The van der Waals surface area contributed by atoms with E-state index >= 15 is 0 Å². The molecule has 0 atom stereocenters. The average molecular weight is 284 g/mol. The van der Waals surface area contributed by atoms with Gasteiger partial charge in [-0.15, -0.1) is 0 Å². The van der Waals surface area contributed by atoms with Crippen molar-refractivity contribution in [1.82, 2.24) is 0 Å². The fourth-order valence-corrected chi connectivity index (χ4v) is 2.40. The zero-order valence-corrected chi connectivity index (χ0v) is 13.5. The predicted octanol–water partition coefficient (Wildman–Crippen LogP) is 1.68. The number of halogens is 1.